The number of fused-ring (bicyclic) bond motifs is 2. The molecular formula is C23H33BF2N2. The fourth-order valence-electron chi connectivity index (χ4n) is 4.96. The van der Waals surface area contributed by atoms with E-state index in [1.165, 1.54) is 34.6 Å². The van der Waals surface area contributed by atoms with Gasteiger partial charge in [-0.2, -0.15) is 0 Å². The number of aryl methyl sites for hydroxylation is 2. The molecule has 2 nitrogen and oxygen atoms in total. The van der Waals surface area contributed by atoms with Crippen LogP contribution in [-0.4, -0.2) is 21.6 Å². The van der Waals surface area contributed by atoms with E-state index < -0.39 is 6.97 Å². The van der Waals surface area contributed by atoms with Gasteiger partial charge in [-0.15, -0.1) is 6.58 Å². The second-order valence-corrected chi connectivity index (χ2v) is 8.39. The van der Waals surface area contributed by atoms with Crippen LogP contribution in [-0.2, 0) is 0 Å². The van der Waals surface area contributed by atoms with E-state index >= 15 is 8.63 Å². The van der Waals surface area contributed by atoms with Crippen LogP contribution < -0.4 is 0 Å². The summed E-state index contributed by atoms with van der Waals surface area (Å²) in [6, 6.07) is 1.90. The number of nitrogens with zero attached hydrogens (tertiary/aromatic N) is 2. The number of halogens is 2. The van der Waals surface area contributed by atoms with Gasteiger partial charge in [0.25, 0.3) is 0 Å². The first-order valence-corrected chi connectivity index (χ1v) is 10.7. The second-order valence-electron chi connectivity index (χ2n) is 8.39. The second kappa shape index (κ2) is 8.22. The molecule has 1 aromatic heterocycles. The molecule has 152 valence electrons. The van der Waals surface area contributed by atoms with Crippen molar-refractivity contribution >= 4 is 18.3 Å². The number of allylic oxidation sites excluding steroid dienone is 4. The van der Waals surface area contributed by atoms with E-state index in [0.717, 1.165) is 53.8 Å². The van der Waals surface area contributed by atoms with Crippen LogP contribution in [0.3, 0.4) is 0 Å². The normalized spacial score (nSPS) is 17.7. The first-order chi connectivity index (χ1) is 13.3. The molecule has 3 rings (SSSR count). The Labute approximate surface area is 168 Å². The molecule has 0 atom stereocenters. The van der Waals surface area contributed by atoms with Gasteiger partial charge >= 0.3 is 6.97 Å². The minimum atomic E-state index is -3.84. The van der Waals surface area contributed by atoms with Crippen LogP contribution in [0.25, 0.3) is 5.57 Å². The standard InChI is InChI=1S/C23H33BF2N2/c1-6-7-8-9-10-11-12-13-14-21-22-17(2)15-19(4)27(22)24(25,26)28-20(5)16-18(3)23(21)28/h6,15-16H,1,7-14H2,2-5H3. The average Bonchev–Trinajstić information content (AvgIpc) is 3.09. The number of aromatic nitrogens is 1. The molecule has 0 aromatic carbocycles. The molecule has 0 saturated heterocycles. The van der Waals surface area contributed by atoms with Gasteiger partial charge < -0.3 is 17.6 Å². The first-order valence-electron chi connectivity index (χ1n) is 10.7. The summed E-state index contributed by atoms with van der Waals surface area (Å²) >= 11 is 0. The van der Waals surface area contributed by atoms with Crippen molar-refractivity contribution in [1.82, 2.24) is 4.48 Å². The van der Waals surface area contributed by atoms with Gasteiger partial charge in [0.2, 0.25) is 0 Å². The largest absolute Gasteiger partial charge is 0.737 e. The highest BCUT2D eigenvalue weighted by Gasteiger charge is 2.54. The third-order valence-electron chi connectivity index (χ3n) is 6.12. The third-order valence-corrected chi connectivity index (χ3v) is 6.12. The Hall–Kier alpha value is -1.91. The summed E-state index contributed by atoms with van der Waals surface area (Å²) in [5, 5.41) is 0. The van der Waals surface area contributed by atoms with E-state index in [-0.39, 0.29) is 0 Å². The van der Waals surface area contributed by atoms with Gasteiger partial charge in [-0.05, 0) is 63.8 Å². The third kappa shape index (κ3) is 3.56. The number of unbranched alkanes of at least 4 members (excludes halogenated alkanes) is 6. The Bertz CT molecular complexity index is 871. The molecule has 0 unspecified atom stereocenters. The van der Waals surface area contributed by atoms with Crippen molar-refractivity contribution in [2.75, 3.05) is 0 Å². The highest BCUT2D eigenvalue weighted by Crippen LogP contribution is 2.43. The van der Waals surface area contributed by atoms with Crippen molar-refractivity contribution in [3.05, 3.63) is 53.0 Å². The molecule has 1 aromatic rings. The molecule has 2 aliphatic heterocycles. The van der Waals surface area contributed by atoms with E-state index in [0.29, 0.717) is 11.4 Å². The molecule has 0 aliphatic carbocycles. The lowest BCUT2D eigenvalue weighted by molar-refractivity contribution is -0.363. The molecule has 0 N–H and O–H groups in total. The van der Waals surface area contributed by atoms with Gasteiger partial charge in [-0.3, -0.25) is 0 Å². The molecule has 0 saturated carbocycles. The Kier molecular flexibility index (Phi) is 6.11. The Balaban J connectivity index is 1.83. The first kappa shape index (κ1) is 20.8. The number of rotatable bonds is 9. The van der Waals surface area contributed by atoms with Crippen molar-refractivity contribution in [1.29, 1.82) is 0 Å². The highest BCUT2D eigenvalue weighted by molar-refractivity contribution is 6.58. The zero-order valence-electron chi connectivity index (χ0n) is 17.8. The number of hydrogen-bond donors (Lipinski definition) is 0. The van der Waals surface area contributed by atoms with Crippen LogP contribution in [0.15, 0.2) is 36.1 Å². The highest BCUT2D eigenvalue weighted by atomic mass is 19.2. The molecule has 0 amide bonds. The summed E-state index contributed by atoms with van der Waals surface area (Å²) < 4.78 is 33.6. The predicted octanol–water partition coefficient (Wildman–Crippen LogP) is 6.79. The summed E-state index contributed by atoms with van der Waals surface area (Å²) in [6.07, 6.45) is 13.0. The maximum atomic E-state index is 15.5. The SMILES string of the molecule is C=CCCCCCCCCC1=C2C(C)=CC(C)=[N+]2[B-](F)(F)n2c(C)cc(C)c21. The summed E-state index contributed by atoms with van der Waals surface area (Å²) in [6.45, 7) is 7.45. The van der Waals surface area contributed by atoms with Crippen LogP contribution in [0.4, 0.5) is 8.63 Å². The minimum Gasteiger partial charge on any atom is -0.394 e. The molecule has 0 fully saturated rings. The number of hydrogen-bond acceptors (Lipinski definition) is 0. The molecule has 28 heavy (non-hydrogen) atoms. The maximum Gasteiger partial charge on any atom is 0.737 e. The lowest BCUT2D eigenvalue weighted by Crippen LogP contribution is -2.51. The van der Waals surface area contributed by atoms with Gasteiger partial charge in [-0.1, -0.05) is 31.8 Å². The minimum absolute atomic E-state index is 0.647. The average molecular weight is 386 g/mol. The van der Waals surface area contributed by atoms with Crippen LogP contribution in [0.5, 0.6) is 0 Å². The van der Waals surface area contributed by atoms with Crippen molar-refractivity contribution in [3.63, 3.8) is 0 Å². The van der Waals surface area contributed by atoms with Gasteiger partial charge in [-0.25, -0.2) is 0 Å². The summed E-state index contributed by atoms with van der Waals surface area (Å²) in [5.41, 5.74) is 5.81. The zero-order valence-corrected chi connectivity index (χ0v) is 17.8. The monoisotopic (exact) mass is 386 g/mol. The molecule has 3 heterocycles. The van der Waals surface area contributed by atoms with Gasteiger partial charge in [0.15, 0.2) is 5.70 Å². The van der Waals surface area contributed by atoms with Gasteiger partial charge in [0.05, 0.1) is 0 Å². The van der Waals surface area contributed by atoms with Crippen molar-refractivity contribution < 1.29 is 13.1 Å². The summed E-state index contributed by atoms with van der Waals surface area (Å²) in [7, 11) is 0. The zero-order chi connectivity index (χ0) is 20.5. The maximum absolute atomic E-state index is 15.5. The Morgan fingerprint density at radius 3 is 2.36 bits per heavy atom. The smallest absolute Gasteiger partial charge is 0.394 e. The van der Waals surface area contributed by atoms with E-state index in [2.05, 4.69) is 6.58 Å². The summed E-state index contributed by atoms with van der Waals surface area (Å²) in [5.74, 6) is 0. The van der Waals surface area contributed by atoms with E-state index in [1.54, 1.807) is 13.8 Å². The van der Waals surface area contributed by atoms with Gasteiger partial charge in [0, 0.05) is 29.8 Å². The topological polar surface area (TPSA) is 7.94 Å². The van der Waals surface area contributed by atoms with E-state index in [4.69, 9.17) is 0 Å². The van der Waals surface area contributed by atoms with Crippen LogP contribution >= 0.6 is 0 Å². The van der Waals surface area contributed by atoms with Gasteiger partial charge in [0.1, 0.15) is 5.71 Å². The quantitative estimate of drug-likeness (QED) is 0.251. The van der Waals surface area contributed by atoms with Crippen LogP contribution in [0.2, 0.25) is 0 Å². The molecule has 0 bridgehead atoms. The van der Waals surface area contributed by atoms with Crippen molar-refractivity contribution in [2.45, 2.75) is 79.1 Å². The Morgan fingerprint density at radius 2 is 1.68 bits per heavy atom. The summed E-state index contributed by atoms with van der Waals surface area (Å²) in [4.78, 5) is 0. The molecular weight excluding hydrogens is 353 g/mol. The fraction of sp³-hybridized carbons (Fsp3) is 0.522. The van der Waals surface area contributed by atoms with Crippen molar-refractivity contribution in [3.8, 4) is 0 Å². The lowest BCUT2D eigenvalue weighted by atomic mass is 9.84. The predicted molar refractivity (Wildman–Crippen MR) is 116 cm³/mol. The Morgan fingerprint density at radius 1 is 1.04 bits per heavy atom. The van der Waals surface area contributed by atoms with E-state index in [1.807, 2.05) is 32.1 Å². The molecule has 2 aliphatic rings. The molecule has 5 heteroatoms. The van der Waals surface area contributed by atoms with E-state index in [9.17, 15) is 0 Å². The molecule has 0 radical (unpaired) electrons. The van der Waals surface area contributed by atoms with Crippen LogP contribution in [0, 0.1) is 13.8 Å². The fourth-order valence-corrected chi connectivity index (χ4v) is 4.96. The van der Waals surface area contributed by atoms with Crippen LogP contribution in [0.1, 0.15) is 82.2 Å². The molecule has 0 spiro atoms. The van der Waals surface area contributed by atoms with Crippen molar-refractivity contribution in [2.24, 2.45) is 0 Å². The lowest BCUT2D eigenvalue weighted by Gasteiger charge is -2.34.